The highest BCUT2D eigenvalue weighted by Crippen LogP contribution is 2.33. The number of para-hydroxylation sites is 1. The average Bonchev–Trinajstić information content (AvgIpc) is 2.72. The van der Waals surface area contributed by atoms with Gasteiger partial charge < -0.3 is 0 Å². The molecule has 0 atom stereocenters. The molecular formula is C20H11F3N4O3. The Labute approximate surface area is 167 Å². The van der Waals surface area contributed by atoms with Gasteiger partial charge in [-0.1, -0.05) is 42.5 Å². The second kappa shape index (κ2) is 8.00. The molecule has 0 fully saturated rings. The van der Waals surface area contributed by atoms with E-state index in [0.717, 1.165) is 6.21 Å². The van der Waals surface area contributed by atoms with Gasteiger partial charge in [-0.15, -0.1) is 0 Å². The monoisotopic (exact) mass is 412 g/mol. The first-order valence-corrected chi connectivity index (χ1v) is 8.34. The molecule has 7 nitrogen and oxygen atoms in total. The largest absolute Gasteiger partial charge is 0.417 e. The van der Waals surface area contributed by atoms with E-state index in [0.29, 0.717) is 10.7 Å². The molecule has 0 N–H and O–H groups in total. The van der Waals surface area contributed by atoms with Crippen LogP contribution in [-0.4, -0.2) is 15.8 Å². The van der Waals surface area contributed by atoms with E-state index in [-0.39, 0.29) is 22.5 Å². The number of rotatable bonds is 4. The Morgan fingerprint density at radius 1 is 1.10 bits per heavy atom. The van der Waals surface area contributed by atoms with E-state index in [4.69, 9.17) is 5.26 Å². The molecule has 1 aromatic heterocycles. The Hall–Kier alpha value is -4.26. The van der Waals surface area contributed by atoms with Gasteiger partial charge in [-0.25, -0.2) is 0 Å². The van der Waals surface area contributed by atoms with Crippen molar-refractivity contribution in [2.75, 3.05) is 0 Å². The van der Waals surface area contributed by atoms with Crippen molar-refractivity contribution in [1.82, 2.24) is 4.68 Å². The van der Waals surface area contributed by atoms with Crippen LogP contribution in [0.15, 0.2) is 70.6 Å². The molecule has 3 rings (SSSR count). The first-order chi connectivity index (χ1) is 14.2. The summed E-state index contributed by atoms with van der Waals surface area (Å²) >= 11 is 0. The molecule has 30 heavy (non-hydrogen) atoms. The zero-order valence-electron chi connectivity index (χ0n) is 15.0. The molecule has 0 unspecified atom stereocenters. The molecule has 0 aliphatic carbocycles. The van der Waals surface area contributed by atoms with Gasteiger partial charge in [0.2, 0.25) is 0 Å². The van der Waals surface area contributed by atoms with Crippen LogP contribution < -0.4 is 5.56 Å². The highest BCUT2D eigenvalue weighted by Gasteiger charge is 2.36. The minimum Gasteiger partial charge on any atom is -0.266 e. The van der Waals surface area contributed by atoms with Gasteiger partial charge in [-0.3, -0.25) is 14.9 Å². The quantitative estimate of drug-likeness (QED) is 0.364. The Bertz CT molecular complexity index is 1240. The number of halogens is 3. The third-order valence-corrected chi connectivity index (χ3v) is 4.12. The minimum absolute atomic E-state index is 0.0341. The fourth-order valence-electron chi connectivity index (χ4n) is 2.74. The van der Waals surface area contributed by atoms with Crippen molar-refractivity contribution in [1.29, 1.82) is 5.26 Å². The van der Waals surface area contributed by atoms with E-state index in [1.165, 1.54) is 42.5 Å². The van der Waals surface area contributed by atoms with Crippen LogP contribution in [-0.2, 0) is 6.18 Å². The number of aromatic nitrogens is 1. The molecule has 3 aromatic rings. The van der Waals surface area contributed by atoms with E-state index in [1.54, 1.807) is 18.2 Å². The number of pyridine rings is 1. The molecule has 0 spiro atoms. The van der Waals surface area contributed by atoms with Crippen LogP contribution in [0.1, 0.15) is 16.7 Å². The zero-order chi connectivity index (χ0) is 21.9. The standard InChI is InChI=1S/C20H11F3N4O3/c21-20(22,23)16-10-18(13-6-2-1-3-7-13)26(19(28)15(16)11-24)25-12-14-8-4-5-9-17(14)27(29)30/h1-10,12H/b25-12+. The molecule has 150 valence electrons. The molecule has 0 radical (unpaired) electrons. The maximum absolute atomic E-state index is 13.4. The van der Waals surface area contributed by atoms with Gasteiger partial charge in [-0.2, -0.15) is 28.2 Å². The second-order valence-corrected chi connectivity index (χ2v) is 5.97. The van der Waals surface area contributed by atoms with Crippen molar-refractivity contribution < 1.29 is 18.1 Å². The SMILES string of the molecule is N#Cc1c(C(F)(F)F)cc(-c2ccccc2)n(/N=C/c2ccccc2[N+](=O)[O-])c1=O. The molecule has 0 aliphatic rings. The number of alkyl halides is 3. The fourth-order valence-corrected chi connectivity index (χ4v) is 2.74. The van der Waals surface area contributed by atoms with Crippen LogP contribution >= 0.6 is 0 Å². The van der Waals surface area contributed by atoms with Crippen molar-refractivity contribution >= 4 is 11.9 Å². The van der Waals surface area contributed by atoms with Crippen LogP contribution in [0.25, 0.3) is 11.3 Å². The minimum atomic E-state index is -4.94. The normalized spacial score (nSPS) is 11.4. The molecule has 1 heterocycles. The number of nitro groups is 1. The Balaban J connectivity index is 2.30. The van der Waals surface area contributed by atoms with Gasteiger partial charge in [-0.05, 0) is 12.1 Å². The summed E-state index contributed by atoms with van der Waals surface area (Å²) in [5.41, 5.74) is -4.05. The predicted octanol–water partition coefficient (Wildman–Crippen LogP) is 4.20. The van der Waals surface area contributed by atoms with E-state index in [9.17, 15) is 28.1 Å². The summed E-state index contributed by atoms with van der Waals surface area (Å²) in [6.07, 6.45) is -3.95. The molecule has 2 aromatic carbocycles. The average molecular weight is 412 g/mol. The first kappa shape index (κ1) is 20.5. The zero-order valence-corrected chi connectivity index (χ0v) is 15.0. The fraction of sp³-hybridized carbons (Fsp3) is 0.0500. The Kier molecular flexibility index (Phi) is 5.46. The van der Waals surface area contributed by atoms with Gasteiger partial charge in [0.15, 0.2) is 0 Å². The Morgan fingerprint density at radius 2 is 1.73 bits per heavy atom. The summed E-state index contributed by atoms with van der Waals surface area (Å²) in [7, 11) is 0. The summed E-state index contributed by atoms with van der Waals surface area (Å²) in [4.78, 5) is 23.2. The lowest BCUT2D eigenvalue weighted by molar-refractivity contribution is -0.385. The summed E-state index contributed by atoms with van der Waals surface area (Å²) < 4.78 is 40.9. The number of hydrogen-bond acceptors (Lipinski definition) is 5. The molecule has 0 amide bonds. The number of nitro benzene ring substituents is 1. The topological polar surface area (TPSA) is 101 Å². The van der Waals surface area contributed by atoms with Gasteiger partial charge in [0.25, 0.3) is 11.2 Å². The molecule has 10 heteroatoms. The molecule has 0 bridgehead atoms. The van der Waals surface area contributed by atoms with Gasteiger partial charge in [0.05, 0.1) is 28.0 Å². The van der Waals surface area contributed by atoms with E-state index in [2.05, 4.69) is 5.10 Å². The lowest BCUT2D eigenvalue weighted by Gasteiger charge is -2.14. The van der Waals surface area contributed by atoms with E-state index < -0.39 is 27.8 Å². The van der Waals surface area contributed by atoms with Crippen molar-refractivity contribution in [2.45, 2.75) is 6.18 Å². The number of nitrogens with zero attached hydrogens (tertiary/aromatic N) is 4. The first-order valence-electron chi connectivity index (χ1n) is 8.34. The molecule has 0 saturated carbocycles. The van der Waals surface area contributed by atoms with Crippen molar-refractivity contribution in [3.05, 3.63) is 97.8 Å². The number of benzene rings is 2. The number of hydrogen-bond donors (Lipinski definition) is 0. The van der Waals surface area contributed by atoms with Gasteiger partial charge in [0.1, 0.15) is 11.6 Å². The van der Waals surface area contributed by atoms with Crippen molar-refractivity contribution in [2.24, 2.45) is 5.10 Å². The number of nitriles is 1. The van der Waals surface area contributed by atoms with Gasteiger partial charge >= 0.3 is 6.18 Å². The second-order valence-electron chi connectivity index (χ2n) is 5.97. The van der Waals surface area contributed by atoms with Crippen LogP contribution in [0.2, 0.25) is 0 Å². The lowest BCUT2D eigenvalue weighted by Crippen LogP contribution is -2.26. The molecule has 0 aliphatic heterocycles. The molecular weight excluding hydrogens is 401 g/mol. The van der Waals surface area contributed by atoms with E-state index in [1.807, 2.05) is 0 Å². The van der Waals surface area contributed by atoms with Crippen molar-refractivity contribution in [3.63, 3.8) is 0 Å². The van der Waals surface area contributed by atoms with Gasteiger partial charge in [0, 0.05) is 11.6 Å². The van der Waals surface area contributed by atoms with Crippen LogP contribution in [0.5, 0.6) is 0 Å². The summed E-state index contributed by atoms with van der Waals surface area (Å²) in [6.45, 7) is 0. The van der Waals surface area contributed by atoms with Crippen molar-refractivity contribution in [3.8, 4) is 17.3 Å². The lowest BCUT2D eigenvalue weighted by atomic mass is 10.0. The van der Waals surface area contributed by atoms with E-state index >= 15 is 0 Å². The smallest absolute Gasteiger partial charge is 0.266 e. The van der Waals surface area contributed by atoms with Crippen LogP contribution in [0, 0.1) is 21.4 Å². The predicted molar refractivity (Wildman–Crippen MR) is 102 cm³/mol. The summed E-state index contributed by atoms with van der Waals surface area (Å²) in [5.74, 6) is 0. The van der Waals surface area contributed by atoms with Crippen LogP contribution in [0.3, 0.4) is 0 Å². The molecule has 0 saturated heterocycles. The maximum Gasteiger partial charge on any atom is 0.417 e. The Morgan fingerprint density at radius 3 is 2.33 bits per heavy atom. The third-order valence-electron chi connectivity index (χ3n) is 4.12. The summed E-state index contributed by atoms with van der Waals surface area (Å²) in [6, 6.07) is 15.1. The third kappa shape index (κ3) is 3.95. The highest BCUT2D eigenvalue weighted by molar-refractivity contribution is 5.85. The summed E-state index contributed by atoms with van der Waals surface area (Å²) in [5, 5.41) is 24.2. The highest BCUT2D eigenvalue weighted by atomic mass is 19.4. The maximum atomic E-state index is 13.4. The van der Waals surface area contributed by atoms with Crippen LogP contribution in [0.4, 0.5) is 18.9 Å².